The number of benzene rings is 2. The molecule has 0 saturated carbocycles. The van der Waals surface area contributed by atoms with Crippen molar-refractivity contribution in [2.75, 3.05) is 39.5 Å². The van der Waals surface area contributed by atoms with Crippen molar-refractivity contribution in [3.63, 3.8) is 0 Å². The number of halogens is 2. The molecule has 37 heavy (non-hydrogen) atoms. The highest BCUT2D eigenvalue weighted by Crippen LogP contribution is 2.39. The van der Waals surface area contributed by atoms with Crippen molar-refractivity contribution in [3.05, 3.63) is 62.7 Å². The van der Waals surface area contributed by atoms with Crippen LogP contribution in [0, 0.1) is 0 Å². The largest absolute Gasteiger partial charge is 0.492 e. The number of thiocarbonyl (C=S) groups is 1. The van der Waals surface area contributed by atoms with E-state index in [9.17, 15) is 4.79 Å². The van der Waals surface area contributed by atoms with Crippen LogP contribution in [0.15, 0.2) is 41.3 Å². The summed E-state index contributed by atoms with van der Waals surface area (Å²) in [7, 11) is 0. The molecular weight excluding hydrogens is 555 g/mol. The van der Waals surface area contributed by atoms with E-state index < -0.39 is 0 Å². The van der Waals surface area contributed by atoms with Gasteiger partial charge in [0.25, 0.3) is 5.91 Å². The maximum atomic E-state index is 13.0. The van der Waals surface area contributed by atoms with Crippen molar-refractivity contribution in [1.82, 2.24) is 30.4 Å². The fourth-order valence-electron chi connectivity index (χ4n) is 3.97. The predicted molar refractivity (Wildman–Crippen MR) is 148 cm³/mol. The lowest BCUT2D eigenvalue weighted by molar-refractivity contribution is -0.122. The first-order chi connectivity index (χ1) is 18.0. The van der Waals surface area contributed by atoms with Gasteiger partial charge in [0, 0.05) is 35.8 Å². The molecule has 0 unspecified atom stereocenters. The summed E-state index contributed by atoms with van der Waals surface area (Å²) < 4.78 is 12.1. The van der Waals surface area contributed by atoms with E-state index in [1.165, 1.54) is 16.7 Å². The van der Waals surface area contributed by atoms with Gasteiger partial charge in [-0.25, -0.2) is 0 Å². The lowest BCUT2D eigenvalue weighted by atomic mass is 10.0. The van der Waals surface area contributed by atoms with E-state index in [0.717, 1.165) is 49.5 Å². The first kappa shape index (κ1) is 26.1. The maximum absolute atomic E-state index is 13.0. The van der Waals surface area contributed by atoms with E-state index >= 15 is 0 Å². The molecule has 1 N–H and O–H groups in total. The van der Waals surface area contributed by atoms with Crippen LogP contribution in [-0.4, -0.2) is 80.1 Å². The average Bonchev–Trinajstić information content (AvgIpc) is 3.50. The number of aromatic amines is 1. The Balaban J connectivity index is 1.39. The molecule has 0 radical (unpaired) electrons. The normalized spacial score (nSPS) is 17.7. The number of carbonyl (C=O) groups is 1. The monoisotopic (exact) mass is 576 g/mol. The number of thioether (sulfide) groups is 1. The number of nitrogens with one attached hydrogen (secondary N) is 1. The first-order valence-electron chi connectivity index (χ1n) is 11.5. The molecule has 3 aromatic rings. The highest BCUT2D eigenvalue weighted by Gasteiger charge is 2.33. The Morgan fingerprint density at radius 1 is 1.16 bits per heavy atom. The third-order valence-electron chi connectivity index (χ3n) is 5.85. The molecule has 2 aliphatic rings. The van der Waals surface area contributed by atoms with E-state index in [-0.39, 0.29) is 12.5 Å². The van der Waals surface area contributed by atoms with Crippen molar-refractivity contribution in [3.8, 4) is 16.9 Å². The second-order valence-corrected chi connectivity index (χ2v) is 10.8. The van der Waals surface area contributed by atoms with Crippen LogP contribution in [0.1, 0.15) is 11.4 Å². The van der Waals surface area contributed by atoms with Gasteiger partial charge in [0.15, 0.2) is 5.82 Å². The number of ether oxygens (including phenoxy) is 2. The van der Waals surface area contributed by atoms with Crippen molar-refractivity contribution in [2.24, 2.45) is 0 Å². The number of amides is 1. The van der Waals surface area contributed by atoms with Crippen LogP contribution < -0.4 is 4.74 Å². The molecule has 1 aromatic heterocycles. The quantitative estimate of drug-likeness (QED) is 0.311. The standard InChI is InChI=1S/C24H22Cl2N6O3S2/c25-16-2-3-17(19(26)13-16)18-11-15(1-4-20(18)35-10-7-31-5-8-34-9-6-31)12-21-23(33)32(24(36)37-21)14-22-27-29-30-28-22/h1-4,11-13H,5-10,14H2,(H,27,28,29,30)/b21-12-. The van der Waals surface area contributed by atoms with Crippen molar-refractivity contribution in [2.45, 2.75) is 6.54 Å². The van der Waals surface area contributed by atoms with Crippen molar-refractivity contribution in [1.29, 1.82) is 0 Å². The Morgan fingerprint density at radius 2 is 2.00 bits per heavy atom. The van der Waals surface area contributed by atoms with Crippen molar-refractivity contribution >= 4 is 63.5 Å². The maximum Gasteiger partial charge on any atom is 0.266 e. The third kappa shape index (κ3) is 6.31. The summed E-state index contributed by atoms with van der Waals surface area (Å²) >= 11 is 19.4. The second-order valence-electron chi connectivity index (χ2n) is 8.28. The minimum Gasteiger partial charge on any atom is -0.492 e. The molecule has 9 nitrogen and oxygen atoms in total. The van der Waals surface area contributed by atoms with Gasteiger partial charge in [0.2, 0.25) is 0 Å². The summed E-state index contributed by atoms with van der Waals surface area (Å²) in [6.45, 7) is 4.73. The molecule has 2 aromatic carbocycles. The Kier molecular flexibility index (Phi) is 8.38. The van der Waals surface area contributed by atoms with Gasteiger partial charge in [0.1, 0.15) is 16.7 Å². The number of morpholine rings is 1. The second kappa shape index (κ2) is 11.9. The molecule has 2 aliphatic heterocycles. The van der Waals surface area contributed by atoms with Gasteiger partial charge < -0.3 is 9.47 Å². The van der Waals surface area contributed by atoms with Crippen LogP contribution >= 0.6 is 47.2 Å². The van der Waals surface area contributed by atoms with Crippen LogP contribution in [0.3, 0.4) is 0 Å². The first-order valence-corrected chi connectivity index (χ1v) is 13.5. The number of rotatable bonds is 8. The molecule has 2 fully saturated rings. The molecule has 0 bridgehead atoms. The zero-order chi connectivity index (χ0) is 25.8. The lowest BCUT2D eigenvalue weighted by Crippen LogP contribution is -2.38. The molecule has 5 rings (SSSR count). The number of hydrogen-bond donors (Lipinski definition) is 1. The molecule has 13 heteroatoms. The van der Waals surface area contributed by atoms with Gasteiger partial charge in [-0.2, -0.15) is 5.21 Å². The summed E-state index contributed by atoms with van der Waals surface area (Å²) in [5.74, 6) is 0.867. The number of H-pyrrole nitrogens is 1. The molecule has 0 aliphatic carbocycles. The van der Waals surface area contributed by atoms with Crippen LogP contribution in [-0.2, 0) is 16.1 Å². The Labute approximate surface area is 233 Å². The Hall–Kier alpha value is -2.54. The molecule has 2 saturated heterocycles. The minimum absolute atomic E-state index is 0.153. The van der Waals surface area contributed by atoms with E-state index in [0.29, 0.717) is 37.5 Å². The zero-order valence-electron chi connectivity index (χ0n) is 19.5. The molecular formula is C24H22Cl2N6O3S2. The van der Waals surface area contributed by atoms with Crippen molar-refractivity contribution < 1.29 is 14.3 Å². The van der Waals surface area contributed by atoms with Gasteiger partial charge in [-0.3, -0.25) is 14.6 Å². The highest BCUT2D eigenvalue weighted by atomic mass is 35.5. The SMILES string of the molecule is O=C1/C(=C/c2ccc(OCCN3CCOCC3)c(-c3ccc(Cl)cc3Cl)c2)SC(=S)N1Cc1nn[nH]n1. The number of tetrazole rings is 1. The number of aromatic nitrogens is 4. The summed E-state index contributed by atoms with van der Waals surface area (Å²) in [6, 6.07) is 11.1. The van der Waals surface area contributed by atoms with E-state index in [1.54, 1.807) is 18.2 Å². The minimum atomic E-state index is -0.211. The number of carbonyl (C=O) groups excluding carboxylic acids is 1. The summed E-state index contributed by atoms with van der Waals surface area (Å²) in [5.41, 5.74) is 2.40. The predicted octanol–water partition coefficient (Wildman–Crippen LogP) is 4.29. The molecule has 0 spiro atoms. The van der Waals surface area contributed by atoms with Gasteiger partial charge in [-0.1, -0.05) is 64.5 Å². The number of nitrogens with zero attached hydrogens (tertiary/aromatic N) is 5. The smallest absolute Gasteiger partial charge is 0.266 e. The summed E-state index contributed by atoms with van der Waals surface area (Å²) in [6.07, 6.45) is 1.81. The lowest BCUT2D eigenvalue weighted by Gasteiger charge is -2.26. The molecule has 3 heterocycles. The zero-order valence-corrected chi connectivity index (χ0v) is 22.7. The fourth-order valence-corrected chi connectivity index (χ4v) is 5.74. The van der Waals surface area contributed by atoms with Gasteiger partial charge >= 0.3 is 0 Å². The van der Waals surface area contributed by atoms with Gasteiger partial charge in [-0.15, -0.1) is 10.2 Å². The molecule has 1 amide bonds. The van der Waals surface area contributed by atoms with Gasteiger partial charge in [-0.05, 0) is 35.9 Å². The third-order valence-corrected chi connectivity index (χ3v) is 7.78. The van der Waals surface area contributed by atoms with Crippen LogP contribution in [0.2, 0.25) is 10.0 Å². The topological polar surface area (TPSA) is 96.5 Å². The molecule has 0 atom stereocenters. The Morgan fingerprint density at radius 3 is 2.76 bits per heavy atom. The summed E-state index contributed by atoms with van der Waals surface area (Å²) in [4.78, 5) is 17.3. The van der Waals surface area contributed by atoms with Gasteiger partial charge in [0.05, 0.1) is 29.7 Å². The fraction of sp³-hybridized carbons (Fsp3) is 0.292. The summed E-state index contributed by atoms with van der Waals surface area (Å²) in [5, 5.41) is 14.8. The Bertz CT molecular complexity index is 1330. The number of hydrogen-bond acceptors (Lipinski definition) is 9. The van der Waals surface area contributed by atoms with E-state index in [2.05, 4.69) is 25.5 Å². The highest BCUT2D eigenvalue weighted by molar-refractivity contribution is 8.26. The van der Waals surface area contributed by atoms with E-state index in [4.69, 9.17) is 44.9 Å². The average molecular weight is 578 g/mol. The van der Waals surface area contributed by atoms with E-state index in [1.807, 2.05) is 24.3 Å². The van der Waals surface area contributed by atoms with Crippen LogP contribution in [0.4, 0.5) is 0 Å². The molecule has 192 valence electrons. The van der Waals surface area contributed by atoms with Crippen LogP contribution in [0.5, 0.6) is 5.75 Å². The van der Waals surface area contributed by atoms with Crippen LogP contribution in [0.25, 0.3) is 17.2 Å².